The number of sulfonamides is 1. The fraction of sp³-hybridized carbons (Fsp3) is 0.571. The maximum Gasteiger partial charge on any atom is 0.232 e. The molecule has 0 atom stereocenters. The fourth-order valence-electron chi connectivity index (χ4n) is 1.78. The van der Waals surface area contributed by atoms with E-state index in [1.54, 1.807) is 12.1 Å². The molecule has 0 aliphatic rings. The van der Waals surface area contributed by atoms with Gasteiger partial charge in [0.2, 0.25) is 10.0 Å². The molecule has 0 aliphatic carbocycles. The van der Waals surface area contributed by atoms with Crippen LogP contribution in [0.15, 0.2) is 24.3 Å². The van der Waals surface area contributed by atoms with Crippen molar-refractivity contribution in [1.29, 1.82) is 0 Å². The molecule has 0 saturated carbocycles. The normalized spacial score (nSPS) is 11.3. The van der Waals surface area contributed by atoms with E-state index in [9.17, 15) is 8.42 Å². The second kappa shape index (κ2) is 8.11. The number of hydrogen-bond donors (Lipinski definition) is 2. The van der Waals surface area contributed by atoms with Crippen LogP contribution in [0.4, 0.5) is 11.4 Å². The number of anilines is 2. The molecule has 114 valence electrons. The van der Waals surface area contributed by atoms with Crippen LogP contribution in [-0.4, -0.2) is 41.4 Å². The van der Waals surface area contributed by atoms with E-state index in [2.05, 4.69) is 10.0 Å². The first kappa shape index (κ1) is 16.8. The molecule has 0 aliphatic heterocycles. The molecule has 0 bridgehead atoms. The van der Waals surface area contributed by atoms with Crippen LogP contribution in [0.2, 0.25) is 0 Å². The summed E-state index contributed by atoms with van der Waals surface area (Å²) in [5.74, 6) is 0.161. The van der Waals surface area contributed by atoms with Crippen molar-refractivity contribution in [3.05, 3.63) is 24.3 Å². The van der Waals surface area contributed by atoms with Crippen LogP contribution in [0.5, 0.6) is 0 Å². The molecule has 1 aromatic rings. The molecule has 20 heavy (non-hydrogen) atoms. The van der Waals surface area contributed by atoms with Crippen LogP contribution in [0.3, 0.4) is 0 Å². The van der Waals surface area contributed by atoms with Crippen LogP contribution >= 0.6 is 0 Å². The van der Waals surface area contributed by atoms with Crippen molar-refractivity contribution < 1.29 is 8.42 Å². The molecular weight excluding hydrogens is 274 g/mol. The van der Waals surface area contributed by atoms with Gasteiger partial charge in [0, 0.05) is 25.5 Å². The van der Waals surface area contributed by atoms with E-state index in [1.807, 2.05) is 38.1 Å². The van der Waals surface area contributed by atoms with Crippen molar-refractivity contribution in [3.63, 3.8) is 0 Å². The molecule has 5 nitrogen and oxygen atoms in total. The number of nitrogens with zero attached hydrogens (tertiary/aromatic N) is 1. The third kappa shape index (κ3) is 6.25. The Labute approximate surface area is 122 Å². The van der Waals surface area contributed by atoms with Gasteiger partial charge in [-0.15, -0.1) is 0 Å². The summed E-state index contributed by atoms with van der Waals surface area (Å²) < 4.78 is 26.4. The average Bonchev–Trinajstić information content (AvgIpc) is 2.38. The first-order valence-corrected chi connectivity index (χ1v) is 8.58. The second-order valence-corrected chi connectivity index (χ2v) is 6.76. The molecule has 6 heteroatoms. The Bertz CT molecular complexity index is 484. The maximum absolute atomic E-state index is 11.9. The van der Waals surface area contributed by atoms with Crippen molar-refractivity contribution >= 4 is 21.4 Å². The van der Waals surface area contributed by atoms with Crippen LogP contribution in [0.25, 0.3) is 0 Å². The van der Waals surface area contributed by atoms with Crippen molar-refractivity contribution in [2.45, 2.75) is 19.8 Å². The minimum Gasteiger partial charge on any atom is -0.378 e. The van der Waals surface area contributed by atoms with Gasteiger partial charge in [-0.3, -0.25) is 4.72 Å². The highest BCUT2D eigenvalue weighted by Gasteiger charge is 2.09. The lowest BCUT2D eigenvalue weighted by molar-refractivity contribution is 0.593. The van der Waals surface area contributed by atoms with E-state index in [0.29, 0.717) is 12.1 Å². The minimum atomic E-state index is -3.25. The SMILES string of the molecule is CCNCCCCS(=O)(=O)Nc1ccc(N(C)C)cc1. The average molecular weight is 299 g/mol. The van der Waals surface area contributed by atoms with E-state index in [4.69, 9.17) is 0 Å². The predicted octanol–water partition coefficient (Wildman–Crippen LogP) is 1.88. The van der Waals surface area contributed by atoms with E-state index < -0.39 is 10.0 Å². The Kier molecular flexibility index (Phi) is 6.81. The summed E-state index contributed by atoms with van der Waals surface area (Å²) in [7, 11) is 0.650. The molecule has 0 saturated heterocycles. The Morgan fingerprint density at radius 1 is 1.10 bits per heavy atom. The Morgan fingerprint density at radius 3 is 2.30 bits per heavy atom. The van der Waals surface area contributed by atoms with Crippen LogP contribution in [0, 0.1) is 0 Å². The first-order valence-electron chi connectivity index (χ1n) is 6.93. The van der Waals surface area contributed by atoms with E-state index in [-0.39, 0.29) is 5.75 Å². The molecule has 0 unspecified atom stereocenters. The standard InChI is InChI=1S/C14H25N3O2S/c1-4-15-11-5-6-12-20(18,19)16-13-7-9-14(10-8-13)17(2)3/h7-10,15-16H,4-6,11-12H2,1-3H3. The number of hydrogen-bond acceptors (Lipinski definition) is 4. The van der Waals surface area contributed by atoms with Crippen molar-refractivity contribution in [2.75, 3.05) is 42.6 Å². The largest absolute Gasteiger partial charge is 0.378 e. The highest BCUT2D eigenvalue weighted by Crippen LogP contribution is 2.16. The smallest absolute Gasteiger partial charge is 0.232 e. The lowest BCUT2D eigenvalue weighted by atomic mass is 10.3. The number of nitrogens with one attached hydrogen (secondary N) is 2. The Hall–Kier alpha value is -1.27. The van der Waals surface area contributed by atoms with Gasteiger partial charge in [-0.05, 0) is 50.2 Å². The van der Waals surface area contributed by atoms with Gasteiger partial charge in [-0.25, -0.2) is 8.42 Å². The van der Waals surface area contributed by atoms with Gasteiger partial charge in [0.05, 0.1) is 5.75 Å². The zero-order chi connectivity index (χ0) is 15.0. The number of rotatable bonds is 9. The molecule has 1 rings (SSSR count). The molecule has 0 radical (unpaired) electrons. The summed E-state index contributed by atoms with van der Waals surface area (Å²) in [4.78, 5) is 1.97. The lowest BCUT2D eigenvalue weighted by Gasteiger charge is -2.13. The minimum absolute atomic E-state index is 0.161. The van der Waals surface area contributed by atoms with Crippen molar-refractivity contribution in [2.24, 2.45) is 0 Å². The van der Waals surface area contributed by atoms with Gasteiger partial charge >= 0.3 is 0 Å². The molecule has 0 heterocycles. The summed E-state index contributed by atoms with van der Waals surface area (Å²) in [5, 5.41) is 3.18. The summed E-state index contributed by atoms with van der Waals surface area (Å²) in [6, 6.07) is 7.35. The zero-order valence-corrected chi connectivity index (χ0v) is 13.3. The molecule has 0 spiro atoms. The third-order valence-electron chi connectivity index (χ3n) is 2.92. The topological polar surface area (TPSA) is 61.4 Å². The quantitative estimate of drug-likeness (QED) is 0.684. The van der Waals surface area contributed by atoms with Gasteiger partial charge in [-0.2, -0.15) is 0 Å². The summed E-state index contributed by atoms with van der Waals surface area (Å²) in [5.41, 5.74) is 1.65. The Morgan fingerprint density at radius 2 is 1.75 bits per heavy atom. The molecule has 0 fully saturated rings. The fourth-order valence-corrected chi connectivity index (χ4v) is 2.96. The van der Waals surface area contributed by atoms with Gasteiger partial charge in [-0.1, -0.05) is 6.92 Å². The van der Waals surface area contributed by atoms with Crippen LogP contribution < -0.4 is 14.9 Å². The monoisotopic (exact) mass is 299 g/mol. The van der Waals surface area contributed by atoms with E-state index in [0.717, 1.165) is 25.2 Å². The molecule has 2 N–H and O–H groups in total. The van der Waals surface area contributed by atoms with Crippen LogP contribution in [-0.2, 0) is 10.0 Å². The zero-order valence-electron chi connectivity index (χ0n) is 12.5. The van der Waals surface area contributed by atoms with Gasteiger partial charge in [0.25, 0.3) is 0 Å². The Balaban J connectivity index is 2.45. The molecule has 0 amide bonds. The van der Waals surface area contributed by atoms with Crippen molar-refractivity contribution in [3.8, 4) is 0 Å². The molecule has 0 aromatic heterocycles. The molecular formula is C14H25N3O2S. The van der Waals surface area contributed by atoms with Gasteiger partial charge in [0.1, 0.15) is 0 Å². The first-order chi connectivity index (χ1) is 9.44. The number of unbranched alkanes of at least 4 members (excludes halogenated alkanes) is 1. The van der Waals surface area contributed by atoms with Crippen molar-refractivity contribution in [1.82, 2.24) is 5.32 Å². The summed E-state index contributed by atoms with van der Waals surface area (Å²) in [6.45, 7) is 3.82. The highest BCUT2D eigenvalue weighted by atomic mass is 32.2. The van der Waals surface area contributed by atoms with Gasteiger partial charge < -0.3 is 10.2 Å². The van der Waals surface area contributed by atoms with E-state index in [1.165, 1.54) is 0 Å². The summed E-state index contributed by atoms with van der Waals surface area (Å²) in [6.07, 6.45) is 1.53. The van der Waals surface area contributed by atoms with Gasteiger partial charge in [0.15, 0.2) is 0 Å². The predicted molar refractivity (Wildman–Crippen MR) is 86.0 cm³/mol. The third-order valence-corrected chi connectivity index (χ3v) is 4.30. The molecule has 1 aromatic carbocycles. The van der Waals surface area contributed by atoms with Crippen LogP contribution in [0.1, 0.15) is 19.8 Å². The highest BCUT2D eigenvalue weighted by molar-refractivity contribution is 7.92. The summed E-state index contributed by atoms with van der Waals surface area (Å²) >= 11 is 0. The lowest BCUT2D eigenvalue weighted by Crippen LogP contribution is -2.19. The number of benzene rings is 1. The maximum atomic E-state index is 11.9. The van der Waals surface area contributed by atoms with E-state index >= 15 is 0 Å². The second-order valence-electron chi connectivity index (χ2n) is 4.92.